The fourth-order valence-corrected chi connectivity index (χ4v) is 4.49. The maximum Gasteiger partial charge on any atom is 0.227 e. The average Bonchev–Trinajstić information content (AvgIpc) is 3.35. The molecule has 0 bridgehead atoms. The third-order valence-corrected chi connectivity index (χ3v) is 6.41. The highest BCUT2D eigenvalue weighted by atomic mass is 16.5. The Kier molecular flexibility index (Phi) is 7.01. The normalized spacial score (nSPS) is 14.4. The first-order chi connectivity index (χ1) is 18.0. The van der Waals surface area contributed by atoms with E-state index in [1.807, 2.05) is 53.4 Å². The standard InChI is InChI=1S/C28H28N6O3/c1-20(35)19-37-24-14-25(28-23(15-29)17-31-34(28)18-24)22-7-8-26(30-16-22)32-9-11-33(12-10-32)27(36)13-21-5-3-2-4-6-21/h2-8,14,16-18,20,35H,9-13,19H2,1H3. The van der Waals surface area contributed by atoms with E-state index in [1.165, 1.54) is 6.20 Å². The van der Waals surface area contributed by atoms with Crippen molar-refractivity contribution in [3.05, 3.63) is 78.2 Å². The number of carbonyl (C=O) groups excluding carboxylic acids is 1. The van der Waals surface area contributed by atoms with E-state index in [0.717, 1.165) is 22.5 Å². The van der Waals surface area contributed by atoms with Crippen LogP contribution in [0.1, 0.15) is 18.1 Å². The van der Waals surface area contributed by atoms with Crippen molar-refractivity contribution in [1.82, 2.24) is 19.5 Å². The Balaban J connectivity index is 1.30. The highest BCUT2D eigenvalue weighted by Crippen LogP contribution is 2.31. The Labute approximate surface area is 215 Å². The summed E-state index contributed by atoms with van der Waals surface area (Å²) in [6.07, 6.45) is 4.81. The summed E-state index contributed by atoms with van der Waals surface area (Å²) in [5.41, 5.74) is 3.75. The lowest BCUT2D eigenvalue weighted by atomic mass is 10.1. The van der Waals surface area contributed by atoms with E-state index in [2.05, 4.69) is 16.1 Å². The van der Waals surface area contributed by atoms with Gasteiger partial charge in [-0.2, -0.15) is 10.4 Å². The molecule has 0 spiro atoms. The van der Waals surface area contributed by atoms with Crippen molar-refractivity contribution in [1.29, 1.82) is 5.26 Å². The Morgan fingerprint density at radius 1 is 1.14 bits per heavy atom. The Hall–Kier alpha value is -4.42. The molecule has 3 aromatic heterocycles. The molecule has 1 aromatic carbocycles. The van der Waals surface area contributed by atoms with Crippen LogP contribution in [0.2, 0.25) is 0 Å². The molecule has 9 heteroatoms. The minimum absolute atomic E-state index is 0.143. The van der Waals surface area contributed by atoms with Gasteiger partial charge in [-0.25, -0.2) is 9.50 Å². The van der Waals surface area contributed by atoms with Gasteiger partial charge in [0.1, 0.15) is 24.2 Å². The van der Waals surface area contributed by atoms with Crippen molar-refractivity contribution in [2.45, 2.75) is 19.4 Å². The Morgan fingerprint density at radius 2 is 1.92 bits per heavy atom. The molecule has 4 aromatic rings. The maximum absolute atomic E-state index is 12.7. The van der Waals surface area contributed by atoms with Crippen LogP contribution in [0.4, 0.5) is 5.82 Å². The van der Waals surface area contributed by atoms with E-state index in [9.17, 15) is 15.2 Å². The van der Waals surface area contributed by atoms with Crippen LogP contribution in [0.5, 0.6) is 5.75 Å². The quantitative estimate of drug-likeness (QED) is 0.419. The second kappa shape index (κ2) is 10.7. The number of amides is 1. The van der Waals surface area contributed by atoms with Gasteiger partial charge in [-0.05, 0) is 30.7 Å². The van der Waals surface area contributed by atoms with Gasteiger partial charge in [-0.1, -0.05) is 30.3 Å². The molecule has 0 aliphatic carbocycles. The van der Waals surface area contributed by atoms with Gasteiger partial charge in [0, 0.05) is 43.5 Å². The van der Waals surface area contributed by atoms with Gasteiger partial charge in [-0.3, -0.25) is 4.79 Å². The predicted octanol–water partition coefficient (Wildman–Crippen LogP) is 2.92. The fraction of sp³-hybridized carbons (Fsp3) is 0.286. The second-order valence-corrected chi connectivity index (χ2v) is 9.15. The first-order valence-corrected chi connectivity index (χ1v) is 12.3. The third kappa shape index (κ3) is 5.39. The highest BCUT2D eigenvalue weighted by Gasteiger charge is 2.22. The number of aliphatic hydroxyl groups is 1. The number of hydrogen-bond acceptors (Lipinski definition) is 7. The fourth-order valence-electron chi connectivity index (χ4n) is 4.49. The zero-order chi connectivity index (χ0) is 25.8. The predicted molar refractivity (Wildman–Crippen MR) is 139 cm³/mol. The van der Waals surface area contributed by atoms with Gasteiger partial charge in [0.05, 0.1) is 36.0 Å². The molecular weight excluding hydrogens is 468 g/mol. The highest BCUT2D eigenvalue weighted by molar-refractivity contribution is 5.85. The monoisotopic (exact) mass is 496 g/mol. The Morgan fingerprint density at radius 3 is 2.59 bits per heavy atom. The van der Waals surface area contributed by atoms with E-state index in [1.54, 1.807) is 23.8 Å². The molecule has 9 nitrogen and oxygen atoms in total. The molecule has 188 valence electrons. The molecule has 4 heterocycles. The van der Waals surface area contributed by atoms with E-state index >= 15 is 0 Å². The van der Waals surface area contributed by atoms with Crippen molar-refractivity contribution in [2.24, 2.45) is 0 Å². The zero-order valence-electron chi connectivity index (χ0n) is 20.6. The molecule has 1 N–H and O–H groups in total. The number of nitriles is 1. The number of hydrogen-bond donors (Lipinski definition) is 1. The molecule has 5 rings (SSSR count). The van der Waals surface area contributed by atoms with Gasteiger partial charge in [0.25, 0.3) is 0 Å². The molecule has 1 aliphatic rings. The van der Waals surface area contributed by atoms with Crippen LogP contribution in [0.25, 0.3) is 16.6 Å². The number of anilines is 1. The largest absolute Gasteiger partial charge is 0.489 e. The average molecular weight is 497 g/mol. The lowest BCUT2D eigenvalue weighted by molar-refractivity contribution is -0.130. The molecule has 0 radical (unpaired) electrons. The van der Waals surface area contributed by atoms with Crippen LogP contribution in [0.3, 0.4) is 0 Å². The molecular formula is C28H28N6O3. The molecule has 1 saturated heterocycles. The van der Waals surface area contributed by atoms with Crippen molar-refractivity contribution < 1.29 is 14.6 Å². The van der Waals surface area contributed by atoms with Crippen molar-refractivity contribution in [3.63, 3.8) is 0 Å². The van der Waals surface area contributed by atoms with Crippen LogP contribution in [-0.2, 0) is 11.2 Å². The molecule has 1 aliphatic heterocycles. The van der Waals surface area contributed by atoms with Crippen molar-refractivity contribution in [2.75, 3.05) is 37.7 Å². The number of nitrogens with zero attached hydrogens (tertiary/aromatic N) is 6. The lowest BCUT2D eigenvalue weighted by Crippen LogP contribution is -2.49. The van der Waals surface area contributed by atoms with Gasteiger partial charge in [0.2, 0.25) is 5.91 Å². The zero-order valence-corrected chi connectivity index (χ0v) is 20.6. The summed E-state index contributed by atoms with van der Waals surface area (Å²) >= 11 is 0. The lowest BCUT2D eigenvalue weighted by Gasteiger charge is -2.35. The van der Waals surface area contributed by atoms with Crippen LogP contribution >= 0.6 is 0 Å². The summed E-state index contributed by atoms with van der Waals surface area (Å²) in [4.78, 5) is 21.5. The van der Waals surface area contributed by atoms with Crippen LogP contribution in [-0.4, -0.2) is 69.4 Å². The van der Waals surface area contributed by atoms with Gasteiger partial charge >= 0.3 is 0 Å². The molecule has 1 atom stereocenters. The van der Waals surface area contributed by atoms with E-state index in [-0.39, 0.29) is 12.5 Å². The first kappa shape index (κ1) is 24.3. The Bertz CT molecular complexity index is 1420. The van der Waals surface area contributed by atoms with Crippen LogP contribution in [0.15, 0.2) is 67.1 Å². The summed E-state index contributed by atoms with van der Waals surface area (Å²) in [7, 11) is 0. The number of fused-ring (bicyclic) bond motifs is 1. The second-order valence-electron chi connectivity index (χ2n) is 9.15. The SMILES string of the molecule is CC(O)COc1cc(-c2ccc(N3CCN(C(=O)Cc4ccccc4)CC3)nc2)c2c(C#N)cnn2c1. The summed E-state index contributed by atoms with van der Waals surface area (Å²) in [5, 5.41) is 23.5. The molecule has 1 unspecified atom stereocenters. The third-order valence-electron chi connectivity index (χ3n) is 6.41. The number of rotatable bonds is 7. The number of benzene rings is 1. The minimum Gasteiger partial charge on any atom is -0.489 e. The topological polar surface area (TPSA) is 107 Å². The van der Waals surface area contributed by atoms with Crippen molar-refractivity contribution >= 4 is 17.2 Å². The number of aliphatic hydroxyl groups excluding tert-OH is 1. The first-order valence-electron chi connectivity index (χ1n) is 12.3. The molecule has 0 saturated carbocycles. The summed E-state index contributed by atoms with van der Waals surface area (Å²) in [6.45, 7) is 4.53. The number of piperazine rings is 1. The van der Waals surface area contributed by atoms with Gasteiger partial charge in [0.15, 0.2) is 0 Å². The van der Waals surface area contributed by atoms with Crippen LogP contribution < -0.4 is 9.64 Å². The van der Waals surface area contributed by atoms with Crippen LogP contribution in [0, 0.1) is 11.3 Å². The number of pyridine rings is 2. The summed E-state index contributed by atoms with van der Waals surface area (Å²) < 4.78 is 7.33. The number of aromatic nitrogens is 3. The van der Waals surface area contributed by atoms with E-state index < -0.39 is 6.10 Å². The molecule has 37 heavy (non-hydrogen) atoms. The van der Waals surface area contributed by atoms with Gasteiger partial charge < -0.3 is 19.6 Å². The maximum atomic E-state index is 12.7. The van der Waals surface area contributed by atoms with Crippen molar-refractivity contribution in [3.8, 4) is 22.9 Å². The van der Waals surface area contributed by atoms with Gasteiger partial charge in [-0.15, -0.1) is 0 Å². The summed E-state index contributed by atoms with van der Waals surface area (Å²) in [6, 6.07) is 17.8. The summed E-state index contributed by atoms with van der Waals surface area (Å²) in [5.74, 6) is 1.52. The molecule has 1 fully saturated rings. The van der Waals surface area contributed by atoms with E-state index in [0.29, 0.717) is 49.4 Å². The minimum atomic E-state index is -0.610. The number of carbonyl (C=O) groups is 1. The number of ether oxygens (including phenoxy) is 1. The molecule has 1 amide bonds. The smallest absolute Gasteiger partial charge is 0.227 e. The van der Waals surface area contributed by atoms with E-state index in [4.69, 9.17) is 9.72 Å².